The number of nitrogens with two attached hydrogens (primary N) is 1. The summed E-state index contributed by atoms with van der Waals surface area (Å²) in [5, 5.41) is 14.2. The molecular formula is C13H11ClN4OS. The summed E-state index contributed by atoms with van der Waals surface area (Å²) in [5.74, 6) is -0.384. The van der Waals surface area contributed by atoms with Crippen molar-refractivity contribution < 1.29 is 4.79 Å². The minimum absolute atomic E-state index is 0.216. The number of benzene rings is 1. The second-order valence-corrected chi connectivity index (χ2v) is 5.42. The van der Waals surface area contributed by atoms with Gasteiger partial charge >= 0.3 is 0 Å². The van der Waals surface area contributed by atoms with E-state index in [1.54, 1.807) is 24.4 Å². The molecule has 1 aromatic carbocycles. The second kappa shape index (κ2) is 6.01. The van der Waals surface area contributed by atoms with E-state index in [0.29, 0.717) is 21.3 Å². The van der Waals surface area contributed by atoms with Crippen LogP contribution in [-0.2, 0) is 0 Å². The van der Waals surface area contributed by atoms with Crippen molar-refractivity contribution >= 4 is 34.5 Å². The third kappa shape index (κ3) is 3.14. The molecule has 2 aromatic rings. The van der Waals surface area contributed by atoms with Crippen molar-refractivity contribution in [1.82, 2.24) is 4.98 Å². The second-order valence-electron chi connectivity index (χ2n) is 4.12. The fourth-order valence-electron chi connectivity index (χ4n) is 1.48. The summed E-state index contributed by atoms with van der Waals surface area (Å²) in [6, 6.07) is 6.42. The number of amides is 1. The Hall–Kier alpha value is -1.94. The number of thiazole rings is 1. The van der Waals surface area contributed by atoms with Crippen LogP contribution in [-0.4, -0.2) is 10.9 Å². The molecule has 0 fully saturated rings. The Morgan fingerprint density at radius 1 is 1.60 bits per heavy atom. The van der Waals surface area contributed by atoms with Crippen molar-refractivity contribution in [2.24, 2.45) is 5.73 Å². The maximum atomic E-state index is 12.1. The summed E-state index contributed by atoms with van der Waals surface area (Å²) in [6.45, 7) is 1.80. The van der Waals surface area contributed by atoms with Crippen LogP contribution in [0.15, 0.2) is 23.6 Å². The molecule has 0 aliphatic carbocycles. The fourth-order valence-corrected chi connectivity index (χ4v) is 2.40. The molecule has 0 bridgehead atoms. The van der Waals surface area contributed by atoms with Gasteiger partial charge in [0.2, 0.25) is 0 Å². The van der Waals surface area contributed by atoms with Crippen LogP contribution < -0.4 is 11.1 Å². The Morgan fingerprint density at radius 3 is 2.95 bits per heavy atom. The number of carbonyl (C=O) groups is 1. The standard InChI is InChI=1S/C13H11ClN4OS/c1-7(16)13-18-11(6-20-13)12(19)17-10-4-8(5-15)2-3-9(10)14/h2-4,6-7H,16H2,1H3,(H,17,19). The number of aromatic nitrogens is 1. The van der Waals surface area contributed by atoms with E-state index in [4.69, 9.17) is 22.6 Å². The highest BCUT2D eigenvalue weighted by atomic mass is 35.5. The van der Waals surface area contributed by atoms with Crippen LogP contribution in [0, 0.1) is 11.3 Å². The van der Waals surface area contributed by atoms with Crippen LogP contribution in [0.3, 0.4) is 0 Å². The van der Waals surface area contributed by atoms with E-state index in [9.17, 15) is 4.79 Å². The Kier molecular flexibility index (Phi) is 4.35. The summed E-state index contributed by atoms with van der Waals surface area (Å²) in [7, 11) is 0. The van der Waals surface area contributed by atoms with Crippen LogP contribution in [0.25, 0.3) is 0 Å². The smallest absolute Gasteiger partial charge is 0.275 e. The van der Waals surface area contributed by atoms with Crippen molar-refractivity contribution in [3.05, 3.63) is 44.9 Å². The molecule has 1 atom stereocenters. The van der Waals surface area contributed by atoms with Gasteiger partial charge in [0, 0.05) is 5.38 Å². The first-order chi connectivity index (χ1) is 9.51. The quantitative estimate of drug-likeness (QED) is 0.912. The zero-order valence-electron chi connectivity index (χ0n) is 10.6. The fraction of sp³-hybridized carbons (Fsp3) is 0.154. The van der Waals surface area contributed by atoms with Crippen molar-refractivity contribution in [1.29, 1.82) is 5.26 Å². The molecule has 20 heavy (non-hydrogen) atoms. The predicted octanol–water partition coefficient (Wildman–Crippen LogP) is 2.94. The lowest BCUT2D eigenvalue weighted by Gasteiger charge is -2.06. The van der Waals surface area contributed by atoms with Gasteiger partial charge in [-0.2, -0.15) is 5.26 Å². The number of halogens is 1. The molecule has 2 rings (SSSR count). The third-order valence-corrected chi connectivity index (χ3v) is 3.86. The molecule has 1 amide bonds. The van der Waals surface area contributed by atoms with E-state index in [2.05, 4.69) is 10.3 Å². The highest BCUT2D eigenvalue weighted by molar-refractivity contribution is 7.09. The van der Waals surface area contributed by atoms with Gasteiger partial charge in [0.05, 0.1) is 28.4 Å². The van der Waals surface area contributed by atoms with Gasteiger partial charge in [0.1, 0.15) is 10.7 Å². The number of rotatable bonds is 3. The summed E-state index contributed by atoms with van der Waals surface area (Å²) >= 11 is 7.30. The molecule has 3 N–H and O–H groups in total. The average molecular weight is 307 g/mol. The lowest BCUT2D eigenvalue weighted by Crippen LogP contribution is -2.13. The van der Waals surface area contributed by atoms with Gasteiger partial charge in [0.15, 0.2) is 0 Å². The first kappa shape index (κ1) is 14.5. The van der Waals surface area contributed by atoms with Crippen LogP contribution in [0.4, 0.5) is 5.69 Å². The molecule has 0 radical (unpaired) electrons. The van der Waals surface area contributed by atoms with Gasteiger partial charge in [-0.05, 0) is 25.1 Å². The van der Waals surface area contributed by atoms with Crippen LogP contribution >= 0.6 is 22.9 Å². The summed E-state index contributed by atoms with van der Waals surface area (Å²) in [6.07, 6.45) is 0. The molecule has 0 spiro atoms. The first-order valence-electron chi connectivity index (χ1n) is 5.73. The van der Waals surface area contributed by atoms with Gasteiger partial charge in [-0.1, -0.05) is 11.6 Å². The number of nitriles is 1. The highest BCUT2D eigenvalue weighted by Gasteiger charge is 2.14. The molecule has 0 saturated carbocycles. The summed E-state index contributed by atoms with van der Waals surface area (Å²) in [4.78, 5) is 16.2. The van der Waals surface area contributed by atoms with E-state index < -0.39 is 0 Å². The van der Waals surface area contributed by atoms with E-state index in [0.717, 1.165) is 0 Å². The van der Waals surface area contributed by atoms with Crippen LogP contribution in [0.1, 0.15) is 34.0 Å². The normalized spacial score (nSPS) is 11.7. The minimum atomic E-state index is -0.384. The van der Waals surface area contributed by atoms with Gasteiger partial charge < -0.3 is 11.1 Å². The maximum Gasteiger partial charge on any atom is 0.275 e. The Morgan fingerprint density at radius 2 is 2.35 bits per heavy atom. The number of hydrogen-bond donors (Lipinski definition) is 2. The third-order valence-electron chi connectivity index (χ3n) is 2.49. The number of carbonyl (C=O) groups excluding carboxylic acids is 1. The van der Waals surface area contributed by atoms with E-state index >= 15 is 0 Å². The molecule has 1 unspecified atom stereocenters. The molecule has 102 valence electrons. The molecular weight excluding hydrogens is 296 g/mol. The Labute approximate surface area is 125 Å². The zero-order valence-corrected chi connectivity index (χ0v) is 12.1. The van der Waals surface area contributed by atoms with Gasteiger partial charge in [0.25, 0.3) is 5.91 Å². The van der Waals surface area contributed by atoms with Crippen molar-refractivity contribution in [2.45, 2.75) is 13.0 Å². The molecule has 1 heterocycles. The van der Waals surface area contributed by atoms with E-state index in [1.165, 1.54) is 17.4 Å². The molecule has 1 aromatic heterocycles. The van der Waals surface area contributed by atoms with Gasteiger partial charge in [-0.15, -0.1) is 11.3 Å². The number of nitrogens with zero attached hydrogens (tertiary/aromatic N) is 2. The average Bonchev–Trinajstić information content (AvgIpc) is 2.91. The van der Waals surface area contributed by atoms with Gasteiger partial charge in [-0.3, -0.25) is 4.79 Å². The SMILES string of the molecule is CC(N)c1nc(C(=O)Nc2cc(C#N)ccc2Cl)cs1. The Balaban J connectivity index is 2.21. The largest absolute Gasteiger partial charge is 0.322 e. The zero-order chi connectivity index (χ0) is 14.7. The van der Waals surface area contributed by atoms with E-state index in [-0.39, 0.29) is 17.6 Å². The van der Waals surface area contributed by atoms with Crippen molar-refractivity contribution in [3.63, 3.8) is 0 Å². The topological polar surface area (TPSA) is 91.8 Å². The van der Waals surface area contributed by atoms with E-state index in [1.807, 2.05) is 6.07 Å². The Bertz CT molecular complexity index is 690. The van der Waals surface area contributed by atoms with Crippen LogP contribution in [0.2, 0.25) is 5.02 Å². The predicted molar refractivity (Wildman–Crippen MR) is 78.8 cm³/mol. The lowest BCUT2D eigenvalue weighted by atomic mass is 10.2. The van der Waals surface area contributed by atoms with Crippen molar-refractivity contribution in [2.75, 3.05) is 5.32 Å². The summed E-state index contributed by atoms with van der Waals surface area (Å²) in [5.41, 5.74) is 6.78. The number of anilines is 1. The first-order valence-corrected chi connectivity index (χ1v) is 6.99. The monoisotopic (exact) mass is 306 g/mol. The molecule has 0 aliphatic heterocycles. The lowest BCUT2D eigenvalue weighted by molar-refractivity contribution is 0.102. The number of hydrogen-bond acceptors (Lipinski definition) is 5. The number of nitrogens with one attached hydrogen (secondary N) is 1. The molecule has 5 nitrogen and oxygen atoms in total. The van der Waals surface area contributed by atoms with Crippen LogP contribution in [0.5, 0.6) is 0 Å². The molecule has 0 aliphatic rings. The van der Waals surface area contributed by atoms with Gasteiger partial charge in [-0.25, -0.2) is 4.98 Å². The highest BCUT2D eigenvalue weighted by Crippen LogP contribution is 2.24. The molecule has 0 saturated heterocycles. The molecule has 7 heteroatoms. The maximum absolute atomic E-state index is 12.1. The van der Waals surface area contributed by atoms with Crippen molar-refractivity contribution in [3.8, 4) is 6.07 Å². The summed E-state index contributed by atoms with van der Waals surface area (Å²) < 4.78 is 0. The minimum Gasteiger partial charge on any atom is -0.322 e.